The molecule has 1 heterocycles. The van der Waals surface area contributed by atoms with Gasteiger partial charge in [0.15, 0.2) is 0 Å². The van der Waals surface area contributed by atoms with E-state index in [4.69, 9.17) is 0 Å². The van der Waals surface area contributed by atoms with E-state index in [0.717, 1.165) is 18.0 Å². The van der Waals surface area contributed by atoms with E-state index >= 15 is 0 Å². The summed E-state index contributed by atoms with van der Waals surface area (Å²) < 4.78 is 49.8. The van der Waals surface area contributed by atoms with Crippen LogP contribution in [0, 0.1) is 5.92 Å². The second-order valence-electron chi connectivity index (χ2n) is 4.47. The zero-order valence-corrected chi connectivity index (χ0v) is 10.3. The Bertz CT molecular complexity index is 278. The summed E-state index contributed by atoms with van der Waals surface area (Å²) in [5, 5.41) is 3.14. The van der Waals surface area contributed by atoms with Crippen molar-refractivity contribution < 1.29 is 22.4 Å². The lowest BCUT2D eigenvalue weighted by Crippen LogP contribution is -2.50. The first-order valence-electron chi connectivity index (χ1n) is 6.05. The standard InChI is InChI=1S/C11H18F4N2O/c1-2-16-7-8-3-5-17(6-4-8)10(18)11(14,15)9(12)13/h8-9,16H,2-7H2,1H3. The van der Waals surface area contributed by atoms with Crippen LogP contribution in [-0.2, 0) is 4.79 Å². The quantitative estimate of drug-likeness (QED) is 0.772. The van der Waals surface area contributed by atoms with Crippen molar-refractivity contribution in [3.8, 4) is 0 Å². The van der Waals surface area contributed by atoms with Crippen molar-refractivity contribution >= 4 is 5.91 Å². The Morgan fingerprint density at radius 2 is 1.94 bits per heavy atom. The van der Waals surface area contributed by atoms with Crippen molar-refractivity contribution in [2.75, 3.05) is 26.2 Å². The summed E-state index contributed by atoms with van der Waals surface area (Å²) in [4.78, 5) is 12.1. The number of nitrogens with one attached hydrogen (secondary N) is 1. The number of nitrogens with zero attached hydrogens (tertiary/aromatic N) is 1. The Balaban J connectivity index is 2.45. The van der Waals surface area contributed by atoms with Crippen LogP contribution < -0.4 is 5.32 Å². The first-order valence-corrected chi connectivity index (χ1v) is 6.05. The van der Waals surface area contributed by atoms with Gasteiger partial charge in [-0.3, -0.25) is 4.79 Å². The number of hydrogen-bond donors (Lipinski definition) is 1. The highest BCUT2D eigenvalue weighted by Crippen LogP contribution is 2.27. The molecular formula is C11H18F4N2O. The van der Waals surface area contributed by atoms with Crippen LogP contribution in [0.4, 0.5) is 17.6 Å². The molecule has 18 heavy (non-hydrogen) atoms. The van der Waals surface area contributed by atoms with E-state index in [-0.39, 0.29) is 13.1 Å². The van der Waals surface area contributed by atoms with Crippen molar-refractivity contribution in [1.29, 1.82) is 0 Å². The second-order valence-corrected chi connectivity index (χ2v) is 4.47. The van der Waals surface area contributed by atoms with Gasteiger partial charge in [0.25, 0.3) is 5.91 Å². The van der Waals surface area contributed by atoms with Gasteiger partial charge >= 0.3 is 12.3 Å². The molecule has 0 aromatic heterocycles. The van der Waals surface area contributed by atoms with E-state index in [9.17, 15) is 22.4 Å². The Morgan fingerprint density at radius 1 is 1.39 bits per heavy atom. The van der Waals surface area contributed by atoms with E-state index in [2.05, 4.69) is 5.32 Å². The highest BCUT2D eigenvalue weighted by Gasteiger charge is 2.51. The summed E-state index contributed by atoms with van der Waals surface area (Å²) in [6.07, 6.45) is -2.81. The van der Waals surface area contributed by atoms with Gasteiger partial charge in [-0.2, -0.15) is 8.78 Å². The van der Waals surface area contributed by atoms with E-state index < -0.39 is 18.3 Å². The highest BCUT2D eigenvalue weighted by atomic mass is 19.3. The zero-order chi connectivity index (χ0) is 13.8. The summed E-state index contributed by atoms with van der Waals surface area (Å²) in [6, 6.07) is 0. The van der Waals surface area contributed by atoms with Crippen LogP contribution in [0.5, 0.6) is 0 Å². The molecule has 0 atom stereocenters. The summed E-state index contributed by atoms with van der Waals surface area (Å²) in [7, 11) is 0. The van der Waals surface area contributed by atoms with Crippen LogP contribution in [0.2, 0.25) is 0 Å². The number of amides is 1. The number of halogens is 4. The molecule has 0 aromatic carbocycles. The van der Waals surface area contributed by atoms with Gasteiger partial charge in [-0.15, -0.1) is 0 Å². The van der Waals surface area contributed by atoms with E-state index in [0.29, 0.717) is 18.8 Å². The molecule has 1 fully saturated rings. The molecule has 0 radical (unpaired) electrons. The lowest BCUT2D eigenvalue weighted by molar-refractivity contribution is -0.181. The molecule has 1 saturated heterocycles. The minimum Gasteiger partial charge on any atom is -0.337 e. The highest BCUT2D eigenvalue weighted by molar-refractivity contribution is 5.84. The van der Waals surface area contributed by atoms with Crippen molar-refractivity contribution in [2.45, 2.75) is 32.1 Å². The van der Waals surface area contributed by atoms with Crippen LogP contribution in [-0.4, -0.2) is 49.3 Å². The number of piperidine rings is 1. The number of rotatable bonds is 5. The minimum absolute atomic E-state index is 0.122. The molecule has 1 rings (SSSR count). The topological polar surface area (TPSA) is 32.3 Å². The van der Waals surface area contributed by atoms with E-state index in [1.807, 2.05) is 6.92 Å². The van der Waals surface area contributed by atoms with Crippen LogP contribution in [0.1, 0.15) is 19.8 Å². The monoisotopic (exact) mass is 270 g/mol. The molecule has 0 spiro atoms. The van der Waals surface area contributed by atoms with Gasteiger partial charge in [0.2, 0.25) is 0 Å². The third kappa shape index (κ3) is 3.57. The molecule has 7 heteroatoms. The fraction of sp³-hybridized carbons (Fsp3) is 0.909. The predicted molar refractivity (Wildman–Crippen MR) is 58.8 cm³/mol. The molecule has 0 bridgehead atoms. The normalized spacial score (nSPS) is 18.4. The average molecular weight is 270 g/mol. The molecule has 1 aliphatic heterocycles. The fourth-order valence-electron chi connectivity index (χ4n) is 1.99. The largest absolute Gasteiger partial charge is 0.383 e. The zero-order valence-electron chi connectivity index (χ0n) is 10.3. The molecule has 0 saturated carbocycles. The fourth-order valence-corrected chi connectivity index (χ4v) is 1.99. The Morgan fingerprint density at radius 3 is 2.39 bits per heavy atom. The molecule has 0 unspecified atom stereocenters. The number of hydrogen-bond acceptors (Lipinski definition) is 2. The van der Waals surface area contributed by atoms with Crippen molar-refractivity contribution in [3.63, 3.8) is 0 Å². The van der Waals surface area contributed by atoms with Crippen LogP contribution >= 0.6 is 0 Å². The maximum absolute atomic E-state index is 12.9. The smallest absolute Gasteiger partial charge is 0.337 e. The molecule has 106 valence electrons. The van der Waals surface area contributed by atoms with Gasteiger partial charge in [0, 0.05) is 13.1 Å². The predicted octanol–water partition coefficient (Wildman–Crippen LogP) is 1.73. The average Bonchev–Trinajstić information content (AvgIpc) is 2.35. The number of carbonyl (C=O) groups is 1. The molecule has 0 aliphatic carbocycles. The van der Waals surface area contributed by atoms with Gasteiger partial charge in [0.05, 0.1) is 0 Å². The van der Waals surface area contributed by atoms with Gasteiger partial charge in [-0.05, 0) is 31.8 Å². The van der Waals surface area contributed by atoms with Crippen molar-refractivity contribution in [3.05, 3.63) is 0 Å². The third-order valence-corrected chi connectivity index (χ3v) is 3.14. The van der Waals surface area contributed by atoms with Gasteiger partial charge in [-0.1, -0.05) is 6.92 Å². The van der Waals surface area contributed by atoms with Crippen LogP contribution in [0.25, 0.3) is 0 Å². The van der Waals surface area contributed by atoms with Gasteiger partial charge in [-0.25, -0.2) is 8.78 Å². The lowest BCUT2D eigenvalue weighted by atomic mass is 9.96. The molecule has 1 N–H and O–H groups in total. The summed E-state index contributed by atoms with van der Waals surface area (Å²) in [5.41, 5.74) is 0. The molecular weight excluding hydrogens is 252 g/mol. The lowest BCUT2D eigenvalue weighted by Gasteiger charge is -2.33. The summed E-state index contributed by atoms with van der Waals surface area (Å²) in [6.45, 7) is 3.79. The Kier molecular flexibility index (Phi) is 5.37. The van der Waals surface area contributed by atoms with E-state index in [1.165, 1.54) is 0 Å². The van der Waals surface area contributed by atoms with E-state index in [1.54, 1.807) is 0 Å². The molecule has 1 aliphatic rings. The maximum atomic E-state index is 12.9. The molecule has 0 aromatic rings. The third-order valence-electron chi connectivity index (χ3n) is 3.14. The molecule has 1 amide bonds. The number of carbonyl (C=O) groups excluding carboxylic acids is 1. The SMILES string of the molecule is CCNCC1CCN(C(=O)C(F)(F)C(F)F)CC1. The maximum Gasteiger partial charge on any atom is 0.383 e. The first-order chi connectivity index (χ1) is 8.39. The Labute approximate surface area is 104 Å². The van der Waals surface area contributed by atoms with Crippen molar-refractivity contribution in [2.24, 2.45) is 5.92 Å². The first kappa shape index (κ1) is 15.2. The number of likely N-dealkylation sites (tertiary alicyclic amines) is 1. The number of alkyl halides is 4. The summed E-state index contributed by atoms with van der Waals surface area (Å²) >= 11 is 0. The summed E-state index contributed by atoms with van der Waals surface area (Å²) in [5.74, 6) is -6.00. The van der Waals surface area contributed by atoms with Gasteiger partial charge < -0.3 is 10.2 Å². The Hall–Kier alpha value is -0.850. The van der Waals surface area contributed by atoms with Crippen LogP contribution in [0.15, 0.2) is 0 Å². The van der Waals surface area contributed by atoms with Gasteiger partial charge in [0.1, 0.15) is 0 Å². The van der Waals surface area contributed by atoms with Crippen LogP contribution in [0.3, 0.4) is 0 Å². The van der Waals surface area contributed by atoms with Crippen molar-refractivity contribution in [1.82, 2.24) is 10.2 Å². The minimum atomic E-state index is -4.56. The second kappa shape index (κ2) is 6.36. The molecule has 3 nitrogen and oxygen atoms in total.